The zero-order valence-corrected chi connectivity index (χ0v) is 16.9. The lowest BCUT2D eigenvalue weighted by Crippen LogP contribution is -2.56. The Morgan fingerprint density at radius 1 is 1.17 bits per heavy atom. The van der Waals surface area contributed by atoms with Crippen molar-refractivity contribution in [2.75, 3.05) is 0 Å². The van der Waals surface area contributed by atoms with Crippen LogP contribution in [-0.2, 0) is 6.61 Å². The van der Waals surface area contributed by atoms with Gasteiger partial charge in [0.2, 0.25) is 0 Å². The number of aliphatic hydroxyl groups is 1. The number of carbonyl (C=O) groups is 1. The van der Waals surface area contributed by atoms with Gasteiger partial charge < -0.3 is 9.84 Å². The van der Waals surface area contributed by atoms with E-state index < -0.39 is 24.2 Å². The van der Waals surface area contributed by atoms with Crippen molar-refractivity contribution in [3.05, 3.63) is 65.2 Å². The summed E-state index contributed by atoms with van der Waals surface area (Å²) in [4.78, 5) is 12.6. The fourth-order valence-corrected chi connectivity index (χ4v) is 3.14. The highest BCUT2D eigenvalue weighted by Gasteiger charge is 2.62. The summed E-state index contributed by atoms with van der Waals surface area (Å²) < 4.78 is 45.6. The SMILES string of the molecule is CC1=NN(C(=O)c2ccc(COc3ccc(C(C)C)cc3)cc2)C(O)(C(F)(F)F)C1. The molecule has 0 saturated heterocycles. The Balaban J connectivity index is 1.68. The minimum absolute atomic E-state index is 0.0128. The predicted octanol–water partition coefficient (Wildman–Crippen LogP) is 4.86. The van der Waals surface area contributed by atoms with Crippen LogP contribution in [0.2, 0.25) is 0 Å². The molecule has 0 radical (unpaired) electrons. The number of rotatable bonds is 5. The first kappa shape index (κ1) is 21.8. The average Bonchev–Trinajstić information content (AvgIpc) is 3.02. The molecule has 2 aromatic carbocycles. The third kappa shape index (κ3) is 4.33. The van der Waals surface area contributed by atoms with Crippen molar-refractivity contribution in [2.45, 2.75) is 51.6 Å². The lowest BCUT2D eigenvalue weighted by atomic mass is 10.0. The van der Waals surface area contributed by atoms with Gasteiger partial charge in [-0.25, -0.2) is 0 Å². The first-order valence-electron chi connectivity index (χ1n) is 9.51. The van der Waals surface area contributed by atoms with Crippen LogP contribution in [0.15, 0.2) is 53.6 Å². The van der Waals surface area contributed by atoms with Crippen LogP contribution in [0.5, 0.6) is 5.75 Å². The van der Waals surface area contributed by atoms with E-state index in [1.54, 1.807) is 12.1 Å². The summed E-state index contributed by atoms with van der Waals surface area (Å²) >= 11 is 0. The van der Waals surface area contributed by atoms with Gasteiger partial charge in [-0.1, -0.05) is 38.1 Å². The van der Waals surface area contributed by atoms with E-state index in [4.69, 9.17) is 4.74 Å². The van der Waals surface area contributed by atoms with E-state index in [1.165, 1.54) is 24.6 Å². The molecule has 1 atom stereocenters. The molecule has 1 unspecified atom stereocenters. The van der Waals surface area contributed by atoms with Crippen LogP contribution in [0.1, 0.15) is 54.6 Å². The third-order valence-corrected chi connectivity index (χ3v) is 4.92. The van der Waals surface area contributed by atoms with Crippen LogP contribution < -0.4 is 4.74 Å². The molecule has 5 nitrogen and oxygen atoms in total. The summed E-state index contributed by atoms with van der Waals surface area (Å²) in [7, 11) is 0. The van der Waals surface area contributed by atoms with E-state index in [2.05, 4.69) is 18.9 Å². The van der Waals surface area contributed by atoms with Crippen molar-refractivity contribution in [1.82, 2.24) is 5.01 Å². The highest BCUT2D eigenvalue weighted by atomic mass is 19.4. The molecule has 30 heavy (non-hydrogen) atoms. The highest BCUT2D eigenvalue weighted by molar-refractivity contribution is 5.97. The second-order valence-corrected chi connectivity index (χ2v) is 7.65. The molecule has 1 heterocycles. The second-order valence-electron chi connectivity index (χ2n) is 7.65. The maximum Gasteiger partial charge on any atom is 0.438 e. The fourth-order valence-electron chi connectivity index (χ4n) is 3.14. The van der Waals surface area contributed by atoms with Crippen LogP contribution in [0.25, 0.3) is 0 Å². The number of nitrogens with zero attached hydrogens (tertiary/aromatic N) is 2. The van der Waals surface area contributed by atoms with E-state index in [1.807, 2.05) is 24.3 Å². The first-order chi connectivity index (χ1) is 14.0. The molecule has 160 valence electrons. The van der Waals surface area contributed by atoms with E-state index in [9.17, 15) is 23.1 Å². The number of alkyl halides is 3. The van der Waals surface area contributed by atoms with Crippen molar-refractivity contribution in [3.8, 4) is 5.75 Å². The van der Waals surface area contributed by atoms with Gasteiger partial charge in [0, 0.05) is 17.7 Å². The third-order valence-electron chi connectivity index (χ3n) is 4.92. The van der Waals surface area contributed by atoms with Crippen LogP contribution in [0, 0.1) is 0 Å². The number of ether oxygens (including phenoxy) is 1. The van der Waals surface area contributed by atoms with Crippen molar-refractivity contribution in [3.63, 3.8) is 0 Å². The summed E-state index contributed by atoms with van der Waals surface area (Å²) in [5.74, 6) is 0.0861. The molecule has 0 aromatic heterocycles. The Morgan fingerprint density at radius 3 is 2.30 bits per heavy atom. The van der Waals surface area contributed by atoms with Gasteiger partial charge in [0.25, 0.3) is 11.6 Å². The van der Waals surface area contributed by atoms with E-state index >= 15 is 0 Å². The van der Waals surface area contributed by atoms with E-state index in [0.717, 1.165) is 5.56 Å². The molecular formula is C22H23F3N2O3. The van der Waals surface area contributed by atoms with Gasteiger partial charge in [-0.2, -0.15) is 23.3 Å². The average molecular weight is 420 g/mol. The molecule has 0 saturated carbocycles. The molecule has 1 amide bonds. The smallest absolute Gasteiger partial charge is 0.438 e. The van der Waals surface area contributed by atoms with Crippen molar-refractivity contribution < 1.29 is 27.8 Å². The minimum atomic E-state index is -5.02. The molecule has 0 spiro atoms. The molecule has 1 aliphatic rings. The molecular weight excluding hydrogens is 397 g/mol. The highest BCUT2D eigenvalue weighted by Crippen LogP contribution is 2.40. The standard InChI is InChI=1S/C22H23F3N2O3/c1-14(2)17-8-10-19(11-9-17)30-13-16-4-6-18(7-5-16)20(28)27-21(29,22(23,24)25)12-15(3)26-27/h4-11,14,29H,12-13H2,1-3H3. The molecule has 1 N–H and O–H groups in total. The predicted molar refractivity (Wildman–Crippen MR) is 106 cm³/mol. The van der Waals surface area contributed by atoms with E-state index in [-0.39, 0.29) is 22.9 Å². The number of hydrogen-bond acceptors (Lipinski definition) is 4. The first-order valence-corrected chi connectivity index (χ1v) is 9.51. The number of hydrazone groups is 1. The number of hydrogen-bond donors (Lipinski definition) is 1. The zero-order chi connectivity index (χ0) is 22.1. The van der Waals surface area contributed by atoms with Gasteiger partial charge in [0.1, 0.15) is 12.4 Å². The van der Waals surface area contributed by atoms with Gasteiger partial charge in [0.15, 0.2) is 0 Å². The summed E-state index contributed by atoms with van der Waals surface area (Å²) in [5.41, 5.74) is -1.38. The van der Waals surface area contributed by atoms with Crippen molar-refractivity contribution >= 4 is 11.6 Å². The number of amides is 1. The maximum atomic E-state index is 13.3. The Bertz CT molecular complexity index is 938. The summed E-state index contributed by atoms with van der Waals surface area (Å²) in [6.45, 7) is 5.77. The largest absolute Gasteiger partial charge is 0.489 e. The topological polar surface area (TPSA) is 62.1 Å². The summed E-state index contributed by atoms with van der Waals surface area (Å²) in [6.07, 6.45) is -5.80. The van der Waals surface area contributed by atoms with Crippen molar-refractivity contribution in [1.29, 1.82) is 0 Å². The Morgan fingerprint density at radius 2 is 1.77 bits per heavy atom. The molecule has 2 aromatic rings. The molecule has 0 aliphatic carbocycles. The normalized spacial score (nSPS) is 19.2. The van der Waals surface area contributed by atoms with Crippen molar-refractivity contribution in [2.24, 2.45) is 5.10 Å². The van der Waals surface area contributed by atoms with E-state index in [0.29, 0.717) is 11.7 Å². The Kier molecular flexibility index (Phi) is 5.90. The zero-order valence-electron chi connectivity index (χ0n) is 16.9. The molecule has 3 rings (SSSR count). The van der Waals surface area contributed by atoms with Gasteiger partial charge in [-0.3, -0.25) is 4.79 Å². The molecule has 8 heteroatoms. The number of halogens is 3. The van der Waals surface area contributed by atoms with Crippen LogP contribution in [-0.4, -0.2) is 33.6 Å². The number of benzene rings is 2. The van der Waals surface area contributed by atoms with Gasteiger partial charge in [-0.15, -0.1) is 0 Å². The van der Waals surface area contributed by atoms with Crippen LogP contribution in [0.4, 0.5) is 13.2 Å². The maximum absolute atomic E-state index is 13.3. The lowest BCUT2D eigenvalue weighted by Gasteiger charge is -2.32. The monoisotopic (exact) mass is 420 g/mol. The molecule has 0 fully saturated rings. The number of carbonyl (C=O) groups excluding carboxylic acids is 1. The Labute approximate surface area is 172 Å². The lowest BCUT2D eigenvalue weighted by molar-refractivity contribution is -0.297. The molecule has 1 aliphatic heterocycles. The second kappa shape index (κ2) is 8.10. The Hall–Kier alpha value is -2.87. The van der Waals surface area contributed by atoms with Gasteiger partial charge >= 0.3 is 6.18 Å². The summed E-state index contributed by atoms with van der Waals surface area (Å²) in [5, 5.41) is 13.8. The van der Waals surface area contributed by atoms with Gasteiger partial charge in [0.05, 0.1) is 0 Å². The quantitative estimate of drug-likeness (QED) is 0.751. The van der Waals surface area contributed by atoms with Crippen LogP contribution >= 0.6 is 0 Å². The fraction of sp³-hybridized carbons (Fsp3) is 0.364. The molecule has 0 bridgehead atoms. The minimum Gasteiger partial charge on any atom is -0.489 e. The van der Waals surface area contributed by atoms with Gasteiger partial charge in [-0.05, 0) is 48.2 Å². The van der Waals surface area contributed by atoms with Crippen LogP contribution in [0.3, 0.4) is 0 Å². The summed E-state index contributed by atoms with van der Waals surface area (Å²) in [6, 6.07) is 13.7.